The summed E-state index contributed by atoms with van der Waals surface area (Å²) in [6.45, 7) is 1.37. The maximum atomic E-state index is 12.3. The van der Waals surface area contributed by atoms with Crippen molar-refractivity contribution in [2.75, 3.05) is 16.9 Å². The fraction of sp³-hybridized carbons (Fsp3) is 0.154. The van der Waals surface area contributed by atoms with Gasteiger partial charge >= 0.3 is 0 Å². The lowest BCUT2D eigenvalue weighted by Gasteiger charge is -2.07. The van der Waals surface area contributed by atoms with Crippen molar-refractivity contribution in [3.05, 3.63) is 35.9 Å². The third kappa shape index (κ3) is 3.18. The molecule has 7 heteroatoms. The van der Waals surface area contributed by atoms with Gasteiger partial charge in [-0.05, 0) is 18.4 Å². The van der Waals surface area contributed by atoms with Crippen molar-refractivity contribution in [2.45, 2.75) is 11.9 Å². The van der Waals surface area contributed by atoms with Crippen molar-refractivity contribution in [3.63, 3.8) is 0 Å². The number of nitrogens with zero attached hydrogens (tertiary/aromatic N) is 1. The molecule has 2 rings (SSSR count). The first-order valence-electron chi connectivity index (χ1n) is 5.88. The first-order valence-corrected chi connectivity index (χ1v) is 7.10. The number of amides is 2. The minimum absolute atomic E-state index is 0.268. The highest BCUT2D eigenvalue weighted by atomic mass is 32.2. The van der Waals surface area contributed by atoms with Gasteiger partial charge < -0.3 is 10.6 Å². The van der Waals surface area contributed by atoms with E-state index in [9.17, 15) is 9.59 Å². The normalized spacial score (nSPS) is 10.1. The summed E-state index contributed by atoms with van der Waals surface area (Å²) in [6.07, 6.45) is 1.81. The molecular weight excluding hydrogens is 276 g/mol. The number of aromatic nitrogens is 2. The molecule has 1 aromatic carbocycles. The summed E-state index contributed by atoms with van der Waals surface area (Å²) < 4.78 is 0. The molecule has 0 fully saturated rings. The van der Waals surface area contributed by atoms with Crippen LogP contribution >= 0.6 is 11.8 Å². The number of H-pyrrole nitrogens is 1. The number of carbonyl (C=O) groups is 2. The molecule has 20 heavy (non-hydrogen) atoms. The Morgan fingerprint density at radius 3 is 2.50 bits per heavy atom. The highest BCUT2D eigenvalue weighted by molar-refractivity contribution is 7.98. The van der Waals surface area contributed by atoms with E-state index in [0.717, 1.165) is 0 Å². The average molecular weight is 290 g/mol. The number of hydrogen-bond acceptors (Lipinski definition) is 4. The van der Waals surface area contributed by atoms with Crippen LogP contribution in [0.3, 0.4) is 0 Å². The summed E-state index contributed by atoms with van der Waals surface area (Å²) in [5.74, 6) is -0.289. The van der Waals surface area contributed by atoms with Crippen LogP contribution in [0.1, 0.15) is 17.3 Å². The summed E-state index contributed by atoms with van der Waals surface area (Å²) in [7, 11) is 0. The van der Waals surface area contributed by atoms with Gasteiger partial charge in [0.15, 0.2) is 0 Å². The van der Waals surface area contributed by atoms with Gasteiger partial charge in [-0.2, -0.15) is 5.10 Å². The molecular formula is C13H14N4O2S. The number of benzene rings is 1. The molecule has 0 aliphatic rings. The van der Waals surface area contributed by atoms with Gasteiger partial charge in [-0.3, -0.25) is 14.7 Å². The molecule has 3 N–H and O–H groups in total. The predicted molar refractivity (Wildman–Crippen MR) is 79.1 cm³/mol. The third-order valence-corrected chi connectivity index (χ3v) is 3.17. The quantitative estimate of drug-likeness (QED) is 0.754. The molecule has 0 aliphatic carbocycles. The molecule has 104 valence electrons. The van der Waals surface area contributed by atoms with Gasteiger partial charge in [-0.1, -0.05) is 18.2 Å². The summed E-state index contributed by atoms with van der Waals surface area (Å²) in [5.41, 5.74) is 1.01. The van der Waals surface area contributed by atoms with Gasteiger partial charge in [0.1, 0.15) is 16.4 Å². The Kier molecular flexibility index (Phi) is 4.41. The monoisotopic (exact) mass is 290 g/mol. The molecule has 0 unspecified atom stereocenters. The van der Waals surface area contributed by atoms with E-state index in [1.165, 1.54) is 18.7 Å². The topological polar surface area (TPSA) is 86.9 Å². The smallest absolute Gasteiger partial charge is 0.262 e. The minimum atomic E-state index is -0.321. The second-order valence-corrected chi connectivity index (χ2v) is 4.78. The van der Waals surface area contributed by atoms with Crippen LogP contribution < -0.4 is 10.6 Å². The molecule has 0 bridgehead atoms. The van der Waals surface area contributed by atoms with E-state index in [4.69, 9.17) is 0 Å². The zero-order valence-corrected chi connectivity index (χ0v) is 11.9. The van der Waals surface area contributed by atoms with E-state index in [1.54, 1.807) is 12.1 Å². The van der Waals surface area contributed by atoms with Crippen LogP contribution in [-0.4, -0.2) is 28.3 Å². The van der Waals surface area contributed by atoms with Crippen molar-refractivity contribution in [1.82, 2.24) is 10.2 Å². The molecule has 6 nitrogen and oxygen atoms in total. The summed E-state index contributed by atoms with van der Waals surface area (Å²) in [4.78, 5) is 23.5. The molecule has 1 heterocycles. The number of hydrogen-bond donors (Lipinski definition) is 3. The molecule has 0 aliphatic heterocycles. The predicted octanol–water partition coefficient (Wildman–Crippen LogP) is 2.34. The van der Waals surface area contributed by atoms with Crippen LogP contribution in [0.15, 0.2) is 35.4 Å². The Morgan fingerprint density at radius 2 is 1.90 bits per heavy atom. The van der Waals surface area contributed by atoms with Crippen LogP contribution in [0.25, 0.3) is 0 Å². The molecule has 0 saturated heterocycles. The SMILES string of the molecule is CSc1n[nH]c(NC(C)=O)c1C(=O)Nc1ccccc1. The lowest BCUT2D eigenvalue weighted by molar-refractivity contribution is -0.114. The first-order chi connectivity index (χ1) is 9.61. The highest BCUT2D eigenvalue weighted by Gasteiger charge is 2.20. The fourth-order valence-corrected chi connectivity index (χ4v) is 2.20. The van der Waals surface area contributed by atoms with Crippen LogP contribution in [0.2, 0.25) is 0 Å². The summed E-state index contributed by atoms with van der Waals surface area (Å²) in [5, 5.41) is 12.5. The van der Waals surface area contributed by atoms with E-state index < -0.39 is 0 Å². The number of carbonyl (C=O) groups excluding carboxylic acids is 2. The molecule has 0 radical (unpaired) electrons. The van der Waals surface area contributed by atoms with Crippen LogP contribution in [0.5, 0.6) is 0 Å². The number of thioether (sulfide) groups is 1. The maximum Gasteiger partial charge on any atom is 0.262 e. The Morgan fingerprint density at radius 1 is 1.20 bits per heavy atom. The zero-order chi connectivity index (χ0) is 14.5. The van der Waals surface area contributed by atoms with E-state index in [-0.39, 0.29) is 11.8 Å². The fourth-order valence-electron chi connectivity index (χ4n) is 1.67. The number of aromatic amines is 1. The molecule has 0 atom stereocenters. The average Bonchev–Trinajstić information content (AvgIpc) is 2.82. The van der Waals surface area contributed by atoms with Gasteiger partial charge in [0.25, 0.3) is 5.91 Å². The number of para-hydroxylation sites is 1. The van der Waals surface area contributed by atoms with Crippen LogP contribution in [-0.2, 0) is 4.79 Å². The number of rotatable bonds is 4. The van der Waals surface area contributed by atoms with Gasteiger partial charge in [-0.15, -0.1) is 11.8 Å². The lowest BCUT2D eigenvalue weighted by Crippen LogP contribution is -2.16. The maximum absolute atomic E-state index is 12.3. The van der Waals surface area contributed by atoms with Crippen LogP contribution in [0.4, 0.5) is 11.5 Å². The molecule has 2 aromatic rings. The summed E-state index contributed by atoms with van der Waals surface area (Å²) in [6, 6.07) is 9.09. The Labute approximate surface area is 120 Å². The van der Waals surface area contributed by atoms with E-state index in [1.807, 2.05) is 24.5 Å². The van der Waals surface area contributed by atoms with Gasteiger partial charge in [0.05, 0.1) is 0 Å². The third-order valence-electron chi connectivity index (χ3n) is 2.49. The Hall–Kier alpha value is -2.28. The van der Waals surface area contributed by atoms with Gasteiger partial charge in [0.2, 0.25) is 5.91 Å². The first kappa shape index (κ1) is 14.1. The highest BCUT2D eigenvalue weighted by Crippen LogP contribution is 2.25. The van der Waals surface area contributed by atoms with E-state index in [0.29, 0.717) is 22.1 Å². The van der Waals surface area contributed by atoms with Crippen molar-refractivity contribution in [1.29, 1.82) is 0 Å². The Balaban J connectivity index is 2.28. The van der Waals surface area contributed by atoms with Gasteiger partial charge in [0, 0.05) is 12.6 Å². The standard InChI is InChI=1S/C13H14N4O2S/c1-8(18)14-11-10(13(20-2)17-16-11)12(19)15-9-6-4-3-5-7-9/h3-7H,1-2H3,(H,15,19)(H2,14,16,17,18). The van der Waals surface area contributed by atoms with E-state index in [2.05, 4.69) is 20.8 Å². The van der Waals surface area contributed by atoms with Crippen molar-refractivity contribution in [2.24, 2.45) is 0 Å². The lowest BCUT2D eigenvalue weighted by atomic mass is 10.2. The molecule has 1 aromatic heterocycles. The van der Waals surface area contributed by atoms with Gasteiger partial charge in [-0.25, -0.2) is 0 Å². The number of anilines is 2. The Bertz CT molecular complexity index is 625. The molecule has 0 spiro atoms. The minimum Gasteiger partial charge on any atom is -0.322 e. The van der Waals surface area contributed by atoms with Crippen LogP contribution in [0, 0.1) is 0 Å². The van der Waals surface area contributed by atoms with Crippen molar-refractivity contribution < 1.29 is 9.59 Å². The largest absolute Gasteiger partial charge is 0.322 e. The van der Waals surface area contributed by atoms with Crippen molar-refractivity contribution in [3.8, 4) is 0 Å². The van der Waals surface area contributed by atoms with E-state index >= 15 is 0 Å². The number of nitrogens with one attached hydrogen (secondary N) is 3. The van der Waals surface area contributed by atoms with Crippen molar-refractivity contribution >= 4 is 35.1 Å². The second-order valence-electron chi connectivity index (χ2n) is 3.98. The molecule has 0 saturated carbocycles. The molecule has 2 amide bonds. The summed E-state index contributed by atoms with van der Waals surface area (Å²) >= 11 is 1.33. The second kappa shape index (κ2) is 6.25. The zero-order valence-electron chi connectivity index (χ0n) is 11.1.